The summed E-state index contributed by atoms with van der Waals surface area (Å²) in [5.41, 5.74) is 1.64. The Morgan fingerprint density at radius 1 is 0.857 bits per heavy atom. The summed E-state index contributed by atoms with van der Waals surface area (Å²) in [4.78, 5) is 24.4. The molecule has 0 aliphatic carbocycles. The van der Waals surface area contributed by atoms with Crippen LogP contribution in [0.5, 0.6) is 5.75 Å². The maximum absolute atomic E-state index is 12.4. The molecule has 3 rings (SSSR count). The minimum absolute atomic E-state index is 0.0137. The second-order valence-electron chi connectivity index (χ2n) is 9.19. The molecule has 0 spiro atoms. The van der Waals surface area contributed by atoms with Gasteiger partial charge in [0.2, 0.25) is 5.91 Å². The Bertz CT molecular complexity index is 1170. The Morgan fingerprint density at radius 2 is 1.51 bits per heavy atom. The molecule has 0 aliphatic heterocycles. The van der Waals surface area contributed by atoms with Crippen molar-refractivity contribution < 1.29 is 14.3 Å². The third-order valence-electron chi connectivity index (χ3n) is 6.28. The SMILES string of the molecule is CCCCCCCCCCCCCC(=O)Nc1ccc(-c2cc(=O)oc3cc(O)ccc23)c(Cl)c1. The molecule has 6 heteroatoms. The fourth-order valence-corrected chi connectivity index (χ4v) is 4.64. The van der Waals surface area contributed by atoms with E-state index in [1.54, 1.807) is 24.3 Å². The van der Waals surface area contributed by atoms with Gasteiger partial charge in [-0.05, 0) is 30.7 Å². The molecule has 0 saturated heterocycles. The number of hydrogen-bond donors (Lipinski definition) is 2. The van der Waals surface area contributed by atoms with Gasteiger partial charge in [-0.2, -0.15) is 0 Å². The van der Waals surface area contributed by atoms with E-state index in [2.05, 4.69) is 12.2 Å². The summed E-state index contributed by atoms with van der Waals surface area (Å²) in [6.45, 7) is 2.24. The van der Waals surface area contributed by atoms with Crippen LogP contribution in [0.3, 0.4) is 0 Å². The van der Waals surface area contributed by atoms with Gasteiger partial charge < -0.3 is 14.8 Å². The van der Waals surface area contributed by atoms with Crippen LogP contribution in [0, 0.1) is 0 Å². The second kappa shape index (κ2) is 13.9. The highest BCUT2D eigenvalue weighted by molar-refractivity contribution is 6.34. The zero-order valence-corrected chi connectivity index (χ0v) is 21.3. The highest BCUT2D eigenvalue weighted by Gasteiger charge is 2.13. The van der Waals surface area contributed by atoms with E-state index in [4.69, 9.17) is 16.0 Å². The van der Waals surface area contributed by atoms with Crippen LogP contribution in [0.2, 0.25) is 5.02 Å². The number of phenols is 1. The first kappa shape index (κ1) is 26.8. The molecule has 0 unspecified atom stereocenters. The quantitative estimate of drug-likeness (QED) is 0.173. The van der Waals surface area contributed by atoms with Gasteiger partial charge in [0.05, 0.1) is 5.02 Å². The predicted octanol–water partition coefficient (Wildman–Crippen LogP) is 8.46. The van der Waals surface area contributed by atoms with Gasteiger partial charge in [-0.25, -0.2) is 4.79 Å². The Balaban J connectivity index is 1.46. The maximum Gasteiger partial charge on any atom is 0.336 e. The van der Waals surface area contributed by atoms with Crippen LogP contribution >= 0.6 is 11.6 Å². The summed E-state index contributed by atoms with van der Waals surface area (Å²) in [5.74, 6) is -0.00853. The largest absolute Gasteiger partial charge is 0.508 e. The smallest absolute Gasteiger partial charge is 0.336 e. The van der Waals surface area contributed by atoms with Crippen LogP contribution in [0.15, 0.2) is 51.7 Å². The zero-order chi connectivity index (χ0) is 25.0. The molecule has 0 aliphatic rings. The van der Waals surface area contributed by atoms with Gasteiger partial charge in [-0.1, -0.05) is 88.8 Å². The lowest BCUT2D eigenvalue weighted by Crippen LogP contribution is -2.11. The average molecular weight is 498 g/mol. The molecule has 2 aromatic carbocycles. The fraction of sp³-hybridized carbons (Fsp3) is 0.448. The summed E-state index contributed by atoms with van der Waals surface area (Å²) >= 11 is 6.52. The number of hydrogen-bond acceptors (Lipinski definition) is 4. The second-order valence-corrected chi connectivity index (χ2v) is 9.60. The number of halogens is 1. The lowest BCUT2D eigenvalue weighted by Gasteiger charge is -2.11. The van der Waals surface area contributed by atoms with Crippen molar-refractivity contribution in [1.82, 2.24) is 0 Å². The molecule has 0 bridgehead atoms. The molecule has 3 aromatic rings. The van der Waals surface area contributed by atoms with E-state index >= 15 is 0 Å². The number of aromatic hydroxyl groups is 1. The summed E-state index contributed by atoms with van der Waals surface area (Å²) in [5, 5.41) is 13.7. The summed E-state index contributed by atoms with van der Waals surface area (Å²) in [6, 6.07) is 11.2. The number of unbranched alkanes of at least 4 members (excludes halogenated alkanes) is 10. The predicted molar refractivity (Wildman–Crippen MR) is 144 cm³/mol. The van der Waals surface area contributed by atoms with Crippen LogP contribution in [0.4, 0.5) is 5.69 Å². The monoisotopic (exact) mass is 497 g/mol. The number of anilines is 1. The molecule has 0 radical (unpaired) electrons. The van der Waals surface area contributed by atoms with Crippen LogP contribution in [-0.4, -0.2) is 11.0 Å². The first-order valence-electron chi connectivity index (χ1n) is 12.8. The lowest BCUT2D eigenvalue weighted by molar-refractivity contribution is -0.116. The third kappa shape index (κ3) is 8.43. The molecular formula is C29H36ClNO4. The van der Waals surface area contributed by atoms with E-state index in [9.17, 15) is 14.7 Å². The van der Waals surface area contributed by atoms with E-state index in [-0.39, 0.29) is 17.2 Å². The van der Waals surface area contributed by atoms with Gasteiger partial charge in [0.25, 0.3) is 0 Å². The average Bonchev–Trinajstić information content (AvgIpc) is 2.82. The molecule has 188 valence electrons. The Labute approximate surface area is 212 Å². The number of carbonyl (C=O) groups is 1. The Kier molecular flexibility index (Phi) is 10.7. The van der Waals surface area contributed by atoms with Crippen molar-refractivity contribution in [1.29, 1.82) is 0 Å². The number of amides is 1. The molecule has 1 heterocycles. The van der Waals surface area contributed by atoms with Crippen molar-refractivity contribution in [2.75, 3.05) is 5.32 Å². The molecule has 35 heavy (non-hydrogen) atoms. The topological polar surface area (TPSA) is 79.5 Å². The first-order valence-corrected chi connectivity index (χ1v) is 13.2. The highest BCUT2D eigenvalue weighted by Crippen LogP contribution is 2.35. The van der Waals surface area contributed by atoms with Crippen LogP contribution in [0.25, 0.3) is 22.1 Å². The molecule has 0 saturated carbocycles. The minimum atomic E-state index is -0.529. The van der Waals surface area contributed by atoms with E-state index < -0.39 is 5.63 Å². The van der Waals surface area contributed by atoms with Gasteiger partial charge in [-0.15, -0.1) is 0 Å². The highest BCUT2D eigenvalue weighted by atomic mass is 35.5. The van der Waals surface area contributed by atoms with Crippen LogP contribution in [0.1, 0.15) is 84.0 Å². The van der Waals surface area contributed by atoms with Crippen LogP contribution in [-0.2, 0) is 4.79 Å². The number of benzene rings is 2. The summed E-state index contributed by atoms with van der Waals surface area (Å²) in [7, 11) is 0. The van der Waals surface area contributed by atoms with E-state index in [0.717, 1.165) is 12.8 Å². The number of phenolic OH excluding ortho intramolecular Hbond substituents is 1. The van der Waals surface area contributed by atoms with Crippen molar-refractivity contribution in [3.8, 4) is 16.9 Å². The number of rotatable bonds is 14. The van der Waals surface area contributed by atoms with E-state index in [1.165, 1.54) is 76.0 Å². The fourth-order valence-electron chi connectivity index (χ4n) is 4.36. The Morgan fingerprint density at radius 3 is 2.17 bits per heavy atom. The van der Waals surface area contributed by atoms with Crippen molar-refractivity contribution in [2.45, 2.75) is 84.0 Å². The minimum Gasteiger partial charge on any atom is -0.508 e. The Hall–Kier alpha value is -2.79. The van der Waals surface area contributed by atoms with Gasteiger partial charge in [0.1, 0.15) is 11.3 Å². The van der Waals surface area contributed by atoms with E-state index in [0.29, 0.717) is 33.6 Å². The van der Waals surface area contributed by atoms with Gasteiger partial charge in [0, 0.05) is 40.8 Å². The zero-order valence-electron chi connectivity index (χ0n) is 20.6. The summed E-state index contributed by atoms with van der Waals surface area (Å²) < 4.78 is 5.20. The van der Waals surface area contributed by atoms with Crippen molar-refractivity contribution in [2.24, 2.45) is 0 Å². The maximum atomic E-state index is 12.4. The first-order chi connectivity index (χ1) is 17.0. The lowest BCUT2D eigenvalue weighted by atomic mass is 10.0. The molecular weight excluding hydrogens is 462 g/mol. The summed E-state index contributed by atoms with van der Waals surface area (Å²) in [6.07, 6.45) is 14.2. The van der Waals surface area contributed by atoms with Crippen molar-refractivity contribution >= 4 is 34.2 Å². The molecule has 1 aromatic heterocycles. The normalized spacial score (nSPS) is 11.1. The molecule has 0 atom stereocenters. The molecule has 2 N–H and O–H groups in total. The molecule has 0 fully saturated rings. The van der Waals surface area contributed by atoms with Crippen molar-refractivity contribution in [3.05, 3.63) is 57.9 Å². The van der Waals surface area contributed by atoms with Crippen LogP contribution < -0.4 is 10.9 Å². The number of nitrogens with one attached hydrogen (secondary N) is 1. The molecule has 1 amide bonds. The van der Waals surface area contributed by atoms with Gasteiger partial charge in [-0.3, -0.25) is 4.79 Å². The van der Waals surface area contributed by atoms with Gasteiger partial charge in [0.15, 0.2) is 0 Å². The molecule has 5 nitrogen and oxygen atoms in total. The third-order valence-corrected chi connectivity index (χ3v) is 6.59. The van der Waals surface area contributed by atoms with E-state index in [1.807, 2.05) is 0 Å². The van der Waals surface area contributed by atoms with Crippen molar-refractivity contribution in [3.63, 3.8) is 0 Å². The number of carbonyl (C=O) groups excluding carboxylic acids is 1. The van der Waals surface area contributed by atoms with Gasteiger partial charge >= 0.3 is 5.63 Å². The standard InChI is InChI=1S/C29H36ClNO4/c1-2-3-4-5-6-7-8-9-10-11-12-13-28(33)31-21-14-16-23(26(30)18-21)25-20-29(34)35-27-19-22(32)15-17-24(25)27/h14-20,32H,2-13H2,1H3,(H,31,33). The number of fused-ring (bicyclic) bond motifs is 1.